The van der Waals surface area contributed by atoms with Crippen LogP contribution in [0.5, 0.6) is 0 Å². The summed E-state index contributed by atoms with van der Waals surface area (Å²) in [6.07, 6.45) is 9.81. The molecule has 3 unspecified atom stereocenters. The molecular formula is C20H36N2O2. The molecule has 0 aliphatic heterocycles. The van der Waals surface area contributed by atoms with Gasteiger partial charge in [0.25, 0.3) is 0 Å². The Bertz CT molecular complexity index is 431. The number of hydrogen-bond acceptors (Lipinski definition) is 2. The Morgan fingerprint density at radius 1 is 1.12 bits per heavy atom. The zero-order chi connectivity index (χ0) is 17.6. The van der Waals surface area contributed by atoms with Crippen LogP contribution in [0.4, 0.5) is 0 Å². The summed E-state index contributed by atoms with van der Waals surface area (Å²) in [6.45, 7) is 7.80. The summed E-state index contributed by atoms with van der Waals surface area (Å²) in [4.78, 5) is 24.8. The minimum Gasteiger partial charge on any atom is -0.356 e. The standard InChI is InChI=1S/C20H36N2O2/c1-4-9-20(10-6-11-20)19(24)22-14-16(3)13-21-18(23)17-8-5-7-15(2)12-17/h15-17H,4-14H2,1-3H3,(H,21,23)(H,22,24). The zero-order valence-electron chi connectivity index (χ0n) is 15.8. The van der Waals surface area contributed by atoms with E-state index in [0.717, 1.165) is 38.5 Å². The van der Waals surface area contributed by atoms with Gasteiger partial charge in [-0.3, -0.25) is 9.59 Å². The minimum absolute atomic E-state index is 0.0873. The molecule has 2 amide bonds. The molecule has 0 aromatic heterocycles. The Labute approximate surface area is 147 Å². The van der Waals surface area contributed by atoms with Gasteiger partial charge in [-0.05, 0) is 43.9 Å². The van der Waals surface area contributed by atoms with Crippen molar-refractivity contribution in [3.8, 4) is 0 Å². The molecule has 0 aromatic carbocycles. The molecule has 0 saturated heterocycles. The third-order valence-electron chi connectivity index (χ3n) is 6.06. The number of nitrogens with one attached hydrogen (secondary N) is 2. The molecule has 4 heteroatoms. The molecule has 2 rings (SSSR count). The van der Waals surface area contributed by atoms with Gasteiger partial charge in [-0.1, -0.05) is 46.5 Å². The lowest BCUT2D eigenvalue weighted by atomic mass is 9.65. The lowest BCUT2D eigenvalue weighted by Gasteiger charge is -2.40. The van der Waals surface area contributed by atoms with Gasteiger partial charge in [0, 0.05) is 24.4 Å². The molecule has 3 atom stereocenters. The summed E-state index contributed by atoms with van der Waals surface area (Å²) in [5, 5.41) is 6.23. The van der Waals surface area contributed by atoms with E-state index in [1.807, 2.05) is 0 Å². The first kappa shape index (κ1) is 19.3. The van der Waals surface area contributed by atoms with Crippen LogP contribution in [0.15, 0.2) is 0 Å². The Kier molecular flexibility index (Phi) is 7.12. The lowest BCUT2D eigenvalue weighted by molar-refractivity contribution is -0.136. The fraction of sp³-hybridized carbons (Fsp3) is 0.900. The molecular weight excluding hydrogens is 300 g/mol. The predicted octanol–water partition coefficient (Wildman–Crippen LogP) is 3.65. The van der Waals surface area contributed by atoms with E-state index in [2.05, 4.69) is 31.4 Å². The molecule has 2 N–H and O–H groups in total. The number of rotatable bonds is 8. The summed E-state index contributed by atoms with van der Waals surface area (Å²) in [5.41, 5.74) is -0.0873. The van der Waals surface area contributed by atoms with Gasteiger partial charge in [-0.2, -0.15) is 0 Å². The van der Waals surface area contributed by atoms with Gasteiger partial charge in [0.1, 0.15) is 0 Å². The summed E-state index contributed by atoms with van der Waals surface area (Å²) in [6, 6.07) is 0. The maximum atomic E-state index is 12.5. The lowest BCUT2D eigenvalue weighted by Crippen LogP contribution is -2.47. The highest BCUT2D eigenvalue weighted by Crippen LogP contribution is 2.44. The topological polar surface area (TPSA) is 58.2 Å². The van der Waals surface area contributed by atoms with E-state index in [1.165, 1.54) is 19.3 Å². The smallest absolute Gasteiger partial charge is 0.226 e. The van der Waals surface area contributed by atoms with Crippen molar-refractivity contribution in [2.24, 2.45) is 23.2 Å². The van der Waals surface area contributed by atoms with Gasteiger partial charge in [-0.15, -0.1) is 0 Å². The largest absolute Gasteiger partial charge is 0.356 e. The quantitative estimate of drug-likeness (QED) is 0.711. The van der Waals surface area contributed by atoms with Gasteiger partial charge in [0.15, 0.2) is 0 Å². The summed E-state index contributed by atoms with van der Waals surface area (Å²) >= 11 is 0. The van der Waals surface area contributed by atoms with Crippen molar-refractivity contribution in [2.45, 2.75) is 78.6 Å². The summed E-state index contributed by atoms with van der Waals surface area (Å²) in [5.74, 6) is 1.58. The van der Waals surface area contributed by atoms with E-state index in [-0.39, 0.29) is 29.1 Å². The van der Waals surface area contributed by atoms with E-state index in [0.29, 0.717) is 19.0 Å². The SMILES string of the molecule is CCCC1(C(=O)NCC(C)CNC(=O)C2CCCC(C)C2)CCC1. The van der Waals surface area contributed by atoms with Crippen molar-refractivity contribution in [1.29, 1.82) is 0 Å². The zero-order valence-corrected chi connectivity index (χ0v) is 15.8. The number of carbonyl (C=O) groups is 2. The van der Waals surface area contributed by atoms with Crippen LogP contribution in [0.1, 0.15) is 78.6 Å². The minimum atomic E-state index is -0.0873. The Morgan fingerprint density at radius 2 is 1.83 bits per heavy atom. The molecule has 0 bridgehead atoms. The third kappa shape index (κ3) is 4.97. The van der Waals surface area contributed by atoms with Crippen molar-refractivity contribution in [2.75, 3.05) is 13.1 Å². The maximum Gasteiger partial charge on any atom is 0.226 e. The van der Waals surface area contributed by atoms with E-state index in [9.17, 15) is 9.59 Å². The van der Waals surface area contributed by atoms with Gasteiger partial charge in [0.2, 0.25) is 11.8 Å². The molecule has 2 fully saturated rings. The monoisotopic (exact) mass is 336 g/mol. The molecule has 0 heterocycles. The van der Waals surface area contributed by atoms with Crippen molar-refractivity contribution < 1.29 is 9.59 Å². The molecule has 24 heavy (non-hydrogen) atoms. The fourth-order valence-corrected chi connectivity index (χ4v) is 4.29. The Hall–Kier alpha value is -1.06. The van der Waals surface area contributed by atoms with Gasteiger partial charge >= 0.3 is 0 Å². The van der Waals surface area contributed by atoms with Crippen molar-refractivity contribution in [1.82, 2.24) is 10.6 Å². The number of carbonyl (C=O) groups excluding carboxylic acids is 2. The van der Waals surface area contributed by atoms with E-state index in [1.54, 1.807) is 0 Å². The molecule has 4 nitrogen and oxygen atoms in total. The second kappa shape index (κ2) is 8.87. The van der Waals surface area contributed by atoms with Crippen LogP contribution in [0, 0.1) is 23.2 Å². The van der Waals surface area contributed by atoms with Crippen LogP contribution in [0.25, 0.3) is 0 Å². The van der Waals surface area contributed by atoms with Crippen LogP contribution >= 0.6 is 0 Å². The molecule has 0 radical (unpaired) electrons. The first-order valence-electron chi connectivity index (χ1n) is 10.0. The second-order valence-corrected chi connectivity index (χ2v) is 8.41. The normalized spacial score (nSPS) is 27.0. The predicted molar refractivity (Wildman–Crippen MR) is 97.5 cm³/mol. The highest BCUT2D eigenvalue weighted by molar-refractivity contribution is 5.83. The number of hydrogen-bond donors (Lipinski definition) is 2. The van der Waals surface area contributed by atoms with Crippen molar-refractivity contribution in [3.05, 3.63) is 0 Å². The maximum absolute atomic E-state index is 12.5. The van der Waals surface area contributed by atoms with Gasteiger partial charge < -0.3 is 10.6 Å². The van der Waals surface area contributed by atoms with Crippen molar-refractivity contribution >= 4 is 11.8 Å². The van der Waals surface area contributed by atoms with E-state index < -0.39 is 0 Å². The second-order valence-electron chi connectivity index (χ2n) is 8.41. The van der Waals surface area contributed by atoms with Gasteiger partial charge in [0.05, 0.1) is 0 Å². The summed E-state index contributed by atoms with van der Waals surface area (Å²) < 4.78 is 0. The van der Waals surface area contributed by atoms with Crippen molar-refractivity contribution in [3.63, 3.8) is 0 Å². The molecule has 2 saturated carbocycles. The molecule has 2 aliphatic carbocycles. The average molecular weight is 337 g/mol. The third-order valence-corrected chi connectivity index (χ3v) is 6.06. The Balaban J connectivity index is 1.66. The average Bonchev–Trinajstić information content (AvgIpc) is 2.53. The highest BCUT2D eigenvalue weighted by atomic mass is 16.2. The van der Waals surface area contributed by atoms with Crippen LogP contribution < -0.4 is 10.6 Å². The van der Waals surface area contributed by atoms with E-state index in [4.69, 9.17) is 0 Å². The summed E-state index contributed by atoms with van der Waals surface area (Å²) in [7, 11) is 0. The molecule has 0 spiro atoms. The van der Waals surface area contributed by atoms with Crippen LogP contribution in [0.2, 0.25) is 0 Å². The van der Waals surface area contributed by atoms with Crippen LogP contribution in [-0.2, 0) is 9.59 Å². The highest BCUT2D eigenvalue weighted by Gasteiger charge is 2.42. The van der Waals surface area contributed by atoms with Crippen LogP contribution in [0.3, 0.4) is 0 Å². The molecule has 2 aliphatic rings. The van der Waals surface area contributed by atoms with E-state index >= 15 is 0 Å². The first-order chi connectivity index (χ1) is 11.5. The number of amides is 2. The first-order valence-corrected chi connectivity index (χ1v) is 10.0. The molecule has 0 aromatic rings. The van der Waals surface area contributed by atoms with Gasteiger partial charge in [-0.25, -0.2) is 0 Å². The Morgan fingerprint density at radius 3 is 2.42 bits per heavy atom. The fourth-order valence-electron chi connectivity index (χ4n) is 4.29. The molecule has 138 valence electrons. The van der Waals surface area contributed by atoms with Crippen LogP contribution in [-0.4, -0.2) is 24.9 Å².